The van der Waals surface area contributed by atoms with Crippen LogP contribution in [0.2, 0.25) is 0 Å². The molecule has 1 aromatic rings. The minimum absolute atomic E-state index is 0. The summed E-state index contributed by atoms with van der Waals surface area (Å²) in [6.45, 7) is 7.08. The van der Waals surface area contributed by atoms with Gasteiger partial charge in [-0.2, -0.15) is 0 Å². The van der Waals surface area contributed by atoms with Gasteiger partial charge in [-0.15, -0.1) is 24.8 Å². The van der Waals surface area contributed by atoms with E-state index in [2.05, 4.69) is 46.7 Å². The first-order valence-corrected chi connectivity index (χ1v) is 10.5. The molecule has 1 aromatic carbocycles. The van der Waals surface area contributed by atoms with Gasteiger partial charge in [0.05, 0.1) is 0 Å². The van der Waals surface area contributed by atoms with Crippen LogP contribution in [-0.2, 0) is 0 Å². The van der Waals surface area contributed by atoms with Gasteiger partial charge in [-0.1, -0.05) is 12.1 Å². The number of nitrogens with one attached hydrogen (secondary N) is 2. The molecule has 3 aliphatic rings. The third-order valence-corrected chi connectivity index (χ3v) is 7.04. The molecule has 1 saturated carbocycles. The van der Waals surface area contributed by atoms with Crippen LogP contribution in [0.25, 0.3) is 0 Å². The summed E-state index contributed by atoms with van der Waals surface area (Å²) in [7, 11) is 0. The zero-order chi connectivity index (χ0) is 17.1. The zero-order valence-corrected chi connectivity index (χ0v) is 18.3. The standard InChI is InChI=1S/C22H35N3.2ClH/c1-18-3-2-4-21(17-18)25-15-7-20(8-16-25)24-19-5-9-22(10-6-19)11-13-23-14-12-22;;/h2-4,17,19-20,23-24H,5-16H2,1H3;2*1H. The molecule has 27 heavy (non-hydrogen) atoms. The predicted molar refractivity (Wildman–Crippen MR) is 121 cm³/mol. The second-order valence-electron chi connectivity index (χ2n) is 8.79. The highest BCUT2D eigenvalue weighted by atomic mass is 35.5. The van der Waals surface area contributed by atoms with E-state index >= 15 is 0 Å². The lowest BCUT2D eigenvalue weighted by Crippen LogP contribution is -2.49. The Balaban J connectivity index is 0.00000131. The van der Waals surface area contributed by atoms with Gasteiger partial charge in [0, 0.05) is 30.9 Å². The van der Waals surface area contributed by atoms with Crippen molar-refractivity contribution in [3.63, 3.8) is 0 Å². The molecule has 5 heteroatoms. The molecular weight excluding hydrogens is 377 g/mol. The second-order valence-corrected chi connectivity index (χ2v) is 8.79. The van der Waals surface area contributed by atoms with Crippen LogP contribution < -0.4 is 15.5 Å². The van der Waals surface area contributed by atoms with Crippen LogP contribution in [-0.4, -0.2) is 38.3 Å². The van der Waals surface area contributed by atoms with Gasteiger partial charge in [0.1, 0.15) is 0 Å². The summed E-state index contributed by atoms with van der Waals surface area (Å²) < 4.78 is 0. The Bertz CT molecular complexity index is 556. The quantitative estimate of drug-likeness (QED) is 0.750. The summed E-state index contributed by atoms with van der Waals surface area (Å²) in [6.07, 6.45) is 11.1. The van der Waals surface area contributed by atoms with Crippen molar-refractivity contribution < 1.29 is 0 Å². The van der Waals surface area contributed by atoms with Crippen molar-refractivity contribution >= 4 is 30.5 Å². The predicted octanol–water partition coefficient (Wildman–Crippen LogP) is 4.71. The van der Waals surface area contributed by atoms with Gasteiger partial charge in [0.2, 0.25) is 0 Å². The Labute approximate surface area is 177 Å². The fourth-order valence-corrected chi connectivity index (χ4v) is 5.32. The molecule has 2 N–H and O–H groups in total. The molecule has 2 aliphatic heterocycles. The SMILES string of the molecule is Cc1cccc(N2CCC(NC3CCC4(CCNCC4)CC3)CC2)c1.Cl.Cl. The molecule has 0 unspecified atom stereocenters. The molecule has 0 aromatic heterocycles. The number of nitrogens with zero attached hydrogens (tertiary/aromatic N) is 1. The van der Waals surface area contributed by atoms with Crippen molar-refractivity contribution in [1.82, 2.24) is 10.6 Å². The van der Waals surface area contributed by atoms with Gasteiger partial charge in [-0.3, -0.25) is 0 Å². The molecule has 0 amide bonds. The lowest BCUT2D eigenvalue weighted by Gasteiger charge is -2.44. The number of hydrogen-bond acceptors (Lipinski definition) is 3. The molecule has 2 saturated heterocycles. The monoisotopic (exact) mass is 413 g/mol. The average molecular weight is 414 g/mol. The zero-order valence-electron chi connectivity index (χ0n) is 16.7. The molecule has 3 nitrogen and oxygen atoms in total. The van der Waals surface area contributed by atoms with Crippen molar-refractivity contribution in [3.05, 3.63) is 29.8 Å². The Morgan fingerprint density at radius 2 is 1.56 bits per heavy atom. The van der Waals surface area contributed by atoms with E-state index in [-0.39, 0.29) is 24.8 Å². The first-order valence-electron chi connectivity index (χ1n) is 10.5. The molecule has 2 heterocycles. The fourth-order valence-electron chi connectivity index (χ4n) is 5.32. The van der Waals surface area contributed by atoms with E-state index in [1.807, 2.05) is 0 Å². The second kappa shape index (κ2) is 10.3. The van der Waals surface area contributed by atoms with Crippen LogP contribution in [0.4, 0.5) is 5.69 Å². The average Bonchev–Trinajstić information content (AvgIpc) is 2.65. The highest BCUT2D eigenvalue weighted by Crippen LogP contribution is 2.43. The Morgan fingerprint density at radius 3 is 2.19 bits per heavy atom. The van der Waals surface area contributed by atoms with E-state index in [1.165, 1.54) is 88.8 Å². The van der Waals surface area contributed by atoms with Crippen molar-refractivity contribution in [2.24, 2.45) is 5.41 Å². The summed E-state index contributed by atoms with van der Waals surface area (Å²) in [5, 5.41) is 7.55. The molecule has 4 rings (SSSR count). The number of anilines is 1. The van der Waals surface area contributed by atoms with E-state index in [0.29, 0.717) is 5.41 Å². The van der Waals surface area contributed by atoms with E-state index in [9.17, 15) is 0 Å². The highest BCUT2D eigenvalue weighted by molar-refractivity contribution is 5.85. The van der Waals surface area contributed by atoms with Gasteiger partial charge in [-0.25, -0.2) is 0 Å². The summed E-state index contributed by atoms with van der Waals surface area (Å²) in [5.41, 5.74) is 3.47. The van der Waals surface area contributed by atoms with Gasteiger partial charge < -0.3 is 15.5 Å². The van der Waals surface area contributed by atoms with Gasteiger partial charge >= 0.3 is 0 Å². The third-order valence-electron chi connectivity index (χ3n) is 7.04. The maximum absolute atomic E-state index is 4.02. The maximum Gasteiger partial charge on any atom is 0.0368 e. The van der Waals surface area contributed by atoms with Crippen molar-refractivity contribution in [1.29, 1.82) is 0 Å². The highest BCUT2D eigenvalue weighted by Gasteiger charge is 2.36. The van der Waals surface area contributed by atoms with Crippen LogP contribution >= 0.6 is 24.8 Å². The molecule has 154 valence electrons. The number of halogens is 2. The van der Waals surface area contributed by atoms with Crippen LogP contribution in [0.15, 0.2) is 24.3 Å². The van der Waals surface area contributed by atoms with Crippen molar-refractivity contribution in [3.8, 4) is 0 Å². The molecule has 3 fully saturated rings. The lowest BCUT2D eigenvalue weighted by atomic mass is 9.67. The number of benzene rings is 1. The van der Waals surface area contributed by atoms with Crippen molar-refractivity contribution in [2.75, 3.05) is 31.1 Å². The number of rotatable bonds is 3. The molecule has 0 radical (unpaired) electrons. The summed E-state index contributed by atoms with van der Waals surface area (Å²) >= 11 is 0. The largest absolute Gasteiger partial charge is 0.371 e. The minimum atomic E-state index is 0. The Morgan fingerprint density at radius 1 is 0.926 bits per heavy atom. The molecular formula is C22H37Cl2N3. The summed E-state index contributed by atoms with van der Waals surface area (Å²) in [5.74, 6) is 0. The smallest absolute Gasteiger partial charge is 0.0368 e. The van der Waals surface area contributed by atoms with Crippen LogP contribution in [0.5, 0.6) is 0 Å². The van der Waals surface area contributed by atoms with Gasteiger partial charge in [-0.05, 0) is 94.5 Å². The molecule has 1 aliphatic carbocycles. The van der Waals surface area contributed by atoms with Crippen LogP contribution in [0.1, 0.15) is 56.9 Å². The number of hydrogen-bond donors (Lipinski definition) is 2. The Kier molecular flexibility index (Phi) is 8.73. The minimum Gasteiger partial charge on any atom is -0.371 e. The van der Waals surface area contributed by atoms with E-state index in [4.69, 9.17) is 0 Å². The maximum atomic E-state index is 4.02. The molecule has 1 spiro atoms. The molecule has 0 bridgehead atoms. The molecule has 0 atom stereocenters. The van der Waals surface area contributed by atoms with Crippen molar-refractivity contribution in [2.45, 2.75) is 70.4 Å². The van der Waals surface area contributed by atoms with Crippen LogP contribution in [0.3, 0.4) is 0 Å². The summed E-state index contributed by atoms with van der Waals surface area (Å²) in [4.78, 5) is 2.57. The topological polar surface area (TPSA) is 27.3 Å². The van der Waals surface area contributed by atoms with Gasteiger partial charge in [0.15, 0.2) is 0 Å². The normalized spacial score (nSPS) is 23.5. The number of aryl methyl sites for hydroxylation is 1. The lowest BCUT2D eigenvalue weighted by molar-refractivity contribution is 0.111. The fraction of sp³-hybridized carbons (Fsp3) is 0.727. The van der Waals surface area contributed by atoms with Gasteiger partial charge in [0.25, 0.3) is 0 Å². The van der Waals surface area contributed by atoms with E-state index in [0.717, 1.165) is 12.1 Å². The number of piperidine rings is 2. The summed E-state index contributed by atoms with van der Waals surface area (Å²) in [6, 6.07) is 10.5. The first-order chi connectivity index (χ1) is 12.2. The first kappa shape index (κ1) is 22.8. The van der Waals surface area contributed by atoms with Crippen LogP contribution in [0, 0.1) is 12.3 Å². The third kappa shape index (κ3) is 5.76. The van der Waals surface area contributed by atoms with E-state index in [1.54, 1.807) is 0 Å². The Hall–Kier alpha value is -0.480. The van der Waals surface area contributed by atoms with E-state index < -0.39 is 0 Å².